The maximum absolute atomic E-state index is 12.8. The second-order valence-corrected chi connectivity index (χ2v) is 4.93. The molecule has 0 radical (unpaired) electrons. The van der Waals surface area contributed by atoms with Gasteiger partial charge in [0, 0.05) is 12.6 Å². The highest BCUT2D eigenvalue weighted by Crippen LogP contribution is 2.28. The van der Waals surface area contributed by atoms with E-state index in [2.05, 4.69) is 10.4 Å². The van der Waals surface area contributed by atoms with Gasteiger partial charge in [0.2, 0.25) is 0 Å². The van der Waals surface area contributed by atoms with Gasteiger partial charge in [-0.05, 0) is 25.5 Å². The van der Waals surface area contributed by atoms with E-state index in [1.54, 1.807) is 0 Å². The molecule has 0 amide bonds. The van der Waals surface area contributed by atoms with E-state index in [-0.39, 0.29) is 0 Å². The van der Waals surface area contributed by atoms with Crippen molar-refractivity contribution in [1.29, 1.82) is 0 Å². The molecule has 1 heterocycles. The molecule has 1 unspecified atom stereocenters. The van der Waals surface area contributed by atoms with Crippen LogP contribution in [0.15, 0.2) is 12.3 Å². The summed E-state index contributed by atoms with van der Waals surface area (Å²) >= 11 is 0. The molecule has 0 saturated heterocycles. The molecule has 5 heteroatoms. The molecule has 3 nitrogen and oxygen atoms in total. The molecule has 0 spiro atoms. The van der Waals surface area contributed by atoms with E-state index < -0.39 is 12.5 Å². The maximum Gasteiger partial charge on any atom is 0.254 e. The van der Waals surface area contributed by atoms with Crippen LogP contribution < -0.4 is 5.32 Å². The molecule has 1 N–H and O–H groups in total. The summed E-state index contributed by atoms with van der Waals surface area (Å²) in [5, 5.41) is 7.25. The van der Waals surface area contributed by atoms with Crippen LogP contribution in [0.4, 0.5) is 8.78 Å². The zero-order valence-electron chi connectivity index (χ0n) is 10.8. The minimum Gasteiger partial charge on any atom is -0.309 e. The number of nitrogens with one attached hydrogen (secondary N) is 1. The van der Waals surface area contributed by atoms with Gasteiger partial charge >= 0.3 is 0 Å². The van der Waals surface area contributed by atoms with Crippen molar-refractivity contribution in [2.45, 2.75) is 57.5 Å². The Labute approximate surface area is 107 Å². The van der Waals surface area contributed by atoms with Gasteiger partial charge in [-0.25, -0.2) is 8.78 Å². The van der Waals surface area contributed by atoms with Crippen molar-refractivity contribution in [3.05, 3.63) is 18.0 Å². The minimum atomic E-state index is -2.35. The third-order valence-electron chi connectivity index (χ3n) is 3.56. The predicted molar refractivity (Wildman–Crippen MR) is 66.9 cm³/mol. The summed E-state index contributed by atoms with van der Waals surface area (Å²) in [5.74, 6) is 0. The number of halogens is 2. The lowest BCUT2D eigenvalue weighted by Crippen LogP contribution is -2.37. The first-order chi connectivity index (χ1) is 8.70. The van der Waals surface area contributed by atoms with E-state index >= 15 is 0 Å². The highest BCUT2D eigenvalue weighted by Gasteiger charge is 2.22. The van der Waals surface area contributed by atoms with Crippen LogP contribution in [0, 0.1) is 0 Å². The third kappa shape index (κ3) is 3.28. The van der Waals surface area contributed by atoms with Gasteiger partial charge in [0.05, 0.1) is 17.8 Å². The van der Waals surface area contributed by atoms with Crippen molar-refractivity contribution in [2.24, 2.45) is 0 Å². The first kappa shape index (κ1) is 13.5. The van der Waals surface area contributed by atoms with E-state index in [9.17, 15) is 8.78 Å². The average molecular weight is 257 g/mol. The van der Waals surface area contributed by atoms with E-state index in [0.29, 0.717) is 19.0 Å². The zero-order valence-corrected chi connectivity index (χ0v) is 10.8. The number of alkyl halides is 2. The molecule has 18 heavy (non-hydrogen) atoms. The molecule has 1 aliphatic rings. The van der Waals surface area contributed by atoms with E-state index in [1.807, 2.05) is 23.9 Å². The van der Waals surface area contributed by atoms with Gasteiger partial charge in [0.15, 0.2) is 0 Å². The van der Waals surface area contributed by atoms with Gasteiger partial charge in [0.1, 0.15) is 0 Å². The zero-order chi connectivity index (χ0) is 13.0. The van der Waals surface area contributed by atoms with Crippen LogP contribution in [0.1, 0.15) is 44.3 Å². The average Bonchev–Trinajstić information content (AvgIpc) is 2.98. The van der Waals surface area contributed by atoms with Crippen LogP contribution in [0.25, 0.3) is 0 Å². The molecule has 2 rings (SSSR count). The number of rotatable bonds is 6. The number of likely N-dealkylation sites (N-methyl/N-ethyl adjacent to an activating group) is 1. The summed E-state index contributed by atoms with van der Waals surface area (Å²) in [6.07, 6.45) is 4.69. The van der Waals surface area contributed by atoms with Crippen LogP contribution in [0.2, 0.25) is 0 Å². The lowest BCUT2D eigenvalue weighted by molar-refractivity contribution is 0.0985. The molecule has 1 fully saturated rings. The van der Waals surface area contributed by atoms with Crippen LogP contribution in [-0.4, -0.2) is 28.8 Å². The van der Waals surface area contributed by atoms with Crippen LogP contribution in [0.5, 0.6) is 0 Å². The van der Waals surface area contributed by atoms with Crippen molar-refractivity contribution >= 4 is 0 Å². The monoisotopic (exact) mass is 257 g/mol. The third-order valence-corrected chi connectivity index (χ3v) is 3.56. The first-order valence-corrected chi connectivity index (χ1v) is 6.76. The van der Waals surface area contributed by atoms with Gasteiger partial charge in [-0.15, -0.1) is 0 Å². The quantitative estimate of drug-likeness (QED) is 0.849. The topological polar surface area (TPSA) is 29.9 Å². The highest BCUT2D eigenvalue weighted by atomic mass is 19.3. The molecule has 0 aliphatic heterocycles. The molecule has 1 aromatic rings. The predicted octanol–water partition coefficient (Wildman–Crippen LogP) is 2.78. The standard InChI is InChI=1S/C13H21F2N3/c1-2-16-12(13(14)15)9-10-7-8-18(17-10)11-5-3-4-6-11/h7-8,11-13,16H,2-6,9H2,1H3. The molecule has 102 valence electrons. The van der Waals surface area contributed by atoms with Gasteiger partial charge in [-0.2, -0.15) is 5.10 Å². The van der Waals surface area contributed by atoms with Gasteiger partial charge in [-0.3, -0.25) is 4.68 Å². The fourth-order valence-corrected chi connectivity index (χ4v) is 2.60. The largest absolute Gasteiger partial charge is 0.309 e. The molecule has 1 saturated carbocycles. The maximum atomic E-state index is 12.8. The second kappa shape index (κ2) is 6.27. The molecule has 0 bridgehead atoms. The summed E-state index contributed by atoms with van der Waals surface area (Å²) < 4.78 is 27.5. The summed E-state index contributed by atoms with van der Waals surface area (Å²) in [6, 6.07) is 1.55. The smallest absolute Gasteiger partial charge is 0.254 e. The van der Waals surface area contributed by atoms with Crippen LogP contribution in [-0.2, 0) is 6.42 Å². The summed E-state index contributed by atoms with van der Waals surface area (Å²) in [7, 11) is 0. The number of hydrogen-bond acceptors (Lipinski definition) is 2. The van der Waals surface area contributed by atoms with Crippen molar-refractivity contribution in [2.75, 3.05) is 6.54 Å². The van der Waals surface area contributed by atoms with Crippen molar-refractivity contribution < 1.29 is 8.78 Å². The fourth-order valence-electron chi connectivity index (χ4n) is 2.60. The number of hydrogen-bond donors (Lipinski definition) is 1. The normalized spacial score (nSPS) is 18.7. The fraction of sp³-hybridized carbons (Fsp3) is 0.769. The van der Waals surface area contributed by atoms with Crippen LogP contribution >= 0.6 is 0 Å². The number of aromatic nitrogens is 2. The first-order valence-electron chi connectivity index (χ1n) is 6.76. The molecule has 1 aliphatic carbocycles. The molecule has 0 aromatic carbocycles. The minimum absolute atomic E-state index is 0.297. The lowest BCUT2D eigenvalue weighted by Gasteiger charge is -2.15. The van der Waals surface area contributed by atoms with E-state index in [1.165, 1.54) is 12.8 Å². The molecular formula is C13H21F2N3. The molecule has 1 atom stereocenters. The van der Waals surface area contributed by atoms with Gasteiger partial charge in [-0.1, -0.05) is 19.8 Å². The van der Waals surface area contributed by atoms with E-state index in [0.717, 1.165) is 18.5 Å². The Morgan fingerprint density at radius 2 is 2.17 bits per heavy atom. The van der Waals surface area contributed by atoms with Crippen molar-refractivity contribution in [3.8, 4) is 0 Å². The van der Waals surface area contributed by atoms with E-state index in [4.69, 9.17) is 0 Å². The Hall–Kier alpha value is -0.970. The summed E-state index contributed by atoms with van der Waals surface area (Å²) in [5.41, 5.74) is 0.758. The Bertz CT molecular complexity index is 359. The molecule has 1 aromatic heterocycles. The number of nitrogens with zero attached hydrogens (tertiary/aromatic N) is 2. The molecular weight excluding hydrogens is 236 g/mol. The second-order valence-electron chi connectivity index (χ2n) is 4.93. The van der Waals surface area contributed by atoms with Crippen molar-refractivity contribution in [3.63, 3.8) is 0 Å². The highest BCUT2D eigenvalue weighted by molar-refractivity contribution is 5.03. The Morgan fingerprint density at radius 3 is 2.78 bits per heavy atom. The Morgan fingerprint density at radius 1 is 1.44 bits per heavy atom. The SMILES string of the molecule is CCNC(Cc1ccn(C2CCCC2)n1)C(F)F. The summed E-state index contributed by atoms with van der Waals surface area (Å²) in [6.45, 7) is 2.39. The summed E-state index contributed by atoms with van der Waals surface area (Å²) in [4.78, 5) is 0. The van der Waals surface area contributed by atoms with Crippen LogP contribution in [0.3, 0.4) is 0 Å². The Kier molecular flexibility index (Phi) is 4.69. The van der Waals surface area contributed by atoms with Crippen molar-refractivity contribution in [1.82, 2.24) is 15.1 Å². The Balaban J connectivity index is 1.96. The lowest BCUT2D eigenvalue weighted by atomic mass is 10.1. The van der Waals surface area contributed by atoms with Gasteiger partial charge in [0.25, 0.3) is 6.43 Å². The van der Waals surface area contributed by atoms with Gasteiger partial charge < -0.3 is 5.32 Å².